The smallest absolute Gasteiger partial charge is 0.258 e. The Kier molecular flexibility index (Phi) is 5.69. The number of para-hydroxylation sites is 1. The third-order valence-electron chi connectivity index (χ3n) is 3.63. The lowest BCUT2D eigenvalue weighted by molar-refractivity contribution is -0.123. The molecule has 1 heterocycles. The van der Waals surface area contributed by atoms with Gasteiger partial charge in [-0.1, -0.05) is 48.0 Å². The highest BCUT2D eigenvalue weighted by Crippen LogP contribution is 2.22. The lowest BCUT2D eigenvalue weighted by Crippen LogP contribution is -2.28. The van der Waals surface area contributed by atoms with E-state index < -0.39 is 0 Å². The van der Waals surface area contributed by atoms with Crippen molar-refractivity contribution in [3.63, 3.8) is 0 Å². The molecule has 6 heteroatoms. The first-order chi connectivity index (χ1) is 12.2. The lowest BCUT2D eigenvalue weighted by Gasteiger charge is -2.09. The molecule has 1 aromatic heterocycles. The van der Waals surface area contributed by atoms with E-state index in [4.69, 9.17) is 16.3 Å². The van der Waals surface area contributed by atoms with Crippen LogP contribution >= 0.6 is 11.6 Å². The van der Waals surface area contributed by atoms with Gasteiger partial charge >= 0.3 is 0 Å². The van der Waals surface area contributed by atoms with E-state index in [1.54, 1.807) is 24.7 Å². The van der Waals surface area contributed by atoms with Gasteiger partial charge in [0.25, 0.3) is 5.91 Å². The Labute approximate surface area is 151 Å². The topological polar surface area (TPSA) is 56.1 Å². The molecule has 0 unspecified atom stereocenters. The Bertz CT molecular complexity index is 817. The van der Waals surface area contributed by atoms with Crippen molar-refractivity contribution in [1.29, 1.82) is 0 Å². The summed E-state index contributed by atoms with van der Waals surface area (Å²) in [6, 6.07) is 15.2. The number of imidazole rings is 1. The van der Waals surface area contributed by atoms with Crippen LogP contribution in [0.15, 0.2) is 67.3 Å². The average molecular weight is 356 g/mol. The summed E-state index contributed by atoms with van der Waals surface area (Å²) < 4.78 is 7.41. The predicted octanol–water partition coefficient (Wildman–Crippen LogP) is 3.28. The van der Waals surface area contributed by atoms with Crippen LogP contribution in [-0.4, -0.2) is 22.1 Å². The SMILES string of the molecule is O=C(COc1ccccc1Cl)NCc1ccc(Cn2ccnc2)cc1. The summed E-state index contributed by atoms with van der Waals surface area (Å²) in [5, 5.41) is 3.32. The Morgan fingerprint density at radius 2 is 1.88 bits per heavy atom. The number of hydrogen-bond acceptors (Lipinski definition) is 3. The normalized spacial score (nSPS) is 10.4. The number of carbonyl (C=O) groups is 1. The first-order valence-electron chi connectivity index (χ1n) is 7.88. The minimum Gasteiger partial charge on any atom is -0.482 e. The van der Waals surface area contributed by atoms with Gasteiger partial charge in [0.15, 0.2) is 6.61 Å². The molecule has 0 aliphatic heterocycles. The fraction of sp³-hybridized carbons (Fsp3) is 0.158. The molecule has 0 saturated heterocycles. The van der Waals surface area contributed by atoms with Crippen molar-refractivity contribution in [1.82, 2.24) is 14.9 Å². The molecule has 0 aliphatic rings. The highest BCUT2D eigenvalue weighted by atomic mass is 35.5. The number of nitrogens with one attached hydrogen (secondary N) is 1. The zero-order valence-corrected chi connectivity index (χ0v) is 14.3. The van der Waals surface area contributed by atoms with Gasteiger partial charge in [0.1, 0.15) is 5.75 Å². The van der Waals surface area contributed by atoms with Crippen molar-refractivity contribution in [3.8, 4) is 5.75 Å². The first-order valence-corrected chi connectivity index (χ1v) is 8.26. The number of aromatic nitrogens is 2. The van der Waals surface area contributed by atoms with Crippen molar-refractivity contribution in [2.24, 2.45) is 0 Å². The fourth-order valence-corrected chi connectivity index (χ4v) is 2.50. The largest absolute Gasteiger partial charge is 0.482 e. The number of carbonyl (C=O) groups excluding carboxylic acids is 1. The quantitative estimate of drug-likeness (QED) is 0.707. The van der Waals surface area contributed by atoms with Crippen molar-refractivity contribution in [2.45, 2.75) is 13.1 Å². The van der Waals surface area contributed by atoms with Crippen LogP contribution in [0.4, 0.5) is 0 Å². The average Bonchev–Trinajstić information content (AvgIpc) is 3.13. The summed E-state index contributed by atoms with van der Waals surface area (Å²) in [4.78, 5) is 15.9. The number of halogens is 1. The van der Waals surface area contributed by atoms with Crippen LogP contribution in [0.25, 0.3) is 0 Å². The molecule has 5 nitrogen and oxygen atoms in total. The summed E-state index contributed by atoms with van der Waals surface area (Å²) in [6.07, 6.45) is 5.47. The van der Waals surface area contributed by atoms with Crippen molar-refractivity contribution in [3.05, 3.63) is 83.4 Å². The van der Waals surface area contributed by atoms with E-state index in [9.17, 15) is 4.79 Å². The maximum Gasteiger partial charge on any atom is 0.258 e. The lowest BCUT2D eigenvalue weighted by atomic mass is 10.1. The maximum atomic E-state index is 11.9. The Balaban J connectivity index is 1.45. The molecule has 0 fully saturated rings. The molecule has 128 valence electrons. The van der Waals surface area contributed by atoms with Gasteiger partial charge in [0, 0.05) is 25.5 Å². The van der Waals surface area contributed by atoms with Gasteiger partial charge in [-0.25, -0.2) is 4.98 Å². The molecule has 3 aromatic rings. The molecular formula is C19H18ClN3O2. The molecule has 0 bridgehead atoms. The molecular weight excluding hydrogens is 338 g/mol. The first kappa shape index (κ1) is 17.0. The van der Waals surface area contributed by atoms with E-state index in [1.807, 2.05) is 47.2 Å². The van der Waals surface area contributed by atoms with E-state index in [0.29, 0.717) is 17.3 Å². The molecule has 0 atom stereocenters. The zero-order chi connectivity index (χ0) is 17.5. The Morgan fingerprint density at radius 1 is 1.12 bits per heavy atom. The zero-order valence-electron chi connectivity index (χ0n) is 13.6. The minimum atomic E-state index is -0.192. The molecule has 2 aromatic carbocycles. The van der Waals surface area contributed by atoms with Crippen LogP contribution in [0.2, 0.25) is 5.02 Å². The summed E-state index contributed by atoms with van der Waals surface area (Å²) in [6.45, 7) is 1.16. The van der Waals surface area contributed by atoms with Crippen LogP contribution in [0.3, 0.4) is 0 Å². The molecule has 0 aliphatic carbocycles. The van der Waals surface area contributed by atoms with Gasteiger partial charge in [0.2, 0.25) is 0 Å². The Hall–Kier alpha value is -2.79. The van der Waals surface area contributed by atoms with Crippen LogP contribution in [0.5, 0.6) is 5.75 Å². The second-order valence-corrected chi connectivity index (χ2v) is 5.95. The number of rotatable bonds is 7. The van der Waals surface area contributed by atoms with Gasteiger partial charge < -0.3 is 14.6 Å². The second-order valence-electron chi connectivity index (χ2n) is 5.55. The number of hydrogen-bond donors (Lipinski definition) is 1. The van der Waals surface area contributed by atoms with Crippen LogP contribution in [0, 0.1) is 0 Å². The van der Waals surface area contributed by atoms with Crippen molar-refractivity contribution >= 4 is 17.5 Å². The Morgan fingerprint density at radius 3 is 2.60 bits per heavy atom. The van der Waals surface area contributed by atoms with E-state index >= 15 is 0 Å². The summed E-state index contributed by atoms with van der Waals surface area (Å²) >= 11 is 5.98. The summed E-state index contributed by atoms with van der Waals surface area (Å²) in [5.74, 6) is 0.311. The van der Waals surface area contributed by atoms with E-state index in [2.05, 4.69) is 10.3 Å². The number of benzene rings is 2. The van der Waals surface area contributed by atoms with Gasteiger partial charge in [-0.3, -0.25) is 4.79 Å². The highest BCUT2D eigenvalue weighted by molar-refractivity contribution is 6.32. The summed E-state index contributed by atoms with van der Waals surface area (Å²) in [5.41, 5.74) is 2.20. The van der Waals surface area contributed by atoms with Gasteiger partial charge in [0.05, 0.1) is 11.3 Å². The number of nitrogens with zero attached hydrogens (tertiary/aromatic N) is 2. The minimum absolute atomic E-state index is 0.0670. The van der Waals surface area contributed by atoms with Gasteiger partial charge in [-0.05, 0) is 23.3 Å². The molecule has 0 spiro atoms. The van der Waals surface area contributed by atoms with E-state index in [-0.39, 0.29) is 12.5 Å². The van der Waals surface area contributed by atoms with Crippen molar-refractivity contribution < 1.29 is 9.53 Å². The van der Waals surface area contributed by atoms with Crippen LogP contribution in [-0.2, 0) is 17.9 Å². The highest BCUT2D eigenvalue weighted by Gasteiger charge is 2.05. The van der Waals surface area contributed by atoms with E-state index in [1.165, 1.54) is 5.56 Å². The molecule has 1 amide bonds. The molecule has 0 saturated carbocycles. The van der Waals surface area contributed by atoms with Crippen LogP contribution < -0.4 is 10.1 Å². The number of amides is 1. The second kappa shape index (κ2) is 8.35. The molecule has 1 N–H and O–H groups in total. The number of ether oxygens (including phenoxy) is 1. The molecule has 3 rings (SSSR count). The monoisotopic (exact) mass is 355 g/mol. The third-order valence-corrected chi connectivity index (χ3v) is 3.94. The fourth-order valence-electron chi connectivity index (χ4n) is 2.31. The maximum absolute atomic E-state index is 11.9. The third kappa shape index (κ3) is 5.09. The standard InChI is InChI=1S/C19H18ClN3O2/c20-17-3-1-2-4-18(17)25-13-19(24)22-11-15-5-7-16(8-6-15)12-23-10-9-21-14-23/h1-10,14H,11-13H2,(H,22,24). The molecule has 25 heavy (non-hydrogen) atoms. The van der Waals surface area contributed by atoms with Crippen molar-refractivity contribution in [2.75, 3.05) is 6.61 Å². The summed E-state index contributed by atoms with van der Waals surface area (Å²) in [7, 11) is 0. The predicted molar refractivity (Wildman–Crippen MR) is 96.6 cm³/mol. The van der Waals surface area contributed by atoms with Crippen LogP contribution in [0.1, 0.15) is 11.1 Å². The van der Waals surface area contributed by atoms with E-state index in [0.717, 1.165) is 12.1 Å². The molecule has 0 radical (unpaired) electrons. The van der Waals surface area contributed by atoms with Gasteiger partial charge in [-0.2, -0.15) is 0 Å². The van der Waals surface area contributed by atoms with Gasteiger partial charge in [-0.15, -0.1) is 0 Å².